The van der Waals surface area contributed by atoms with Crippen LogP contribution >= 0.6 is 0 Å². The van der Waals surface area contributed by atoms with Gasteiger partial charge in [0.1, 0.15) is 5.82 Å². The fraction of sp³-hybridized carbons (Fsp3) is 0.400. The highest BCUT2D eigenvalue weighted by Gasteiger charge is 2.27. The molecule has 1 aliphatic heterocycles. The predicted molar refractivity (Wildman–Crippen MR) is 73.3 cm³/mol. The zero-order chi connectivity index (χ0) is 14.8. The summed E-state index contributed by atoms with van der Waals surface area (Å²) < 4.78 is 18.3. The molecule has 1 aliphatic rings. The summed E-state index contributed by atoms with van der Waals surface area (Å²) in [5, 5.41) is 7.88. The van der Waals surface area contributed by atoms with Crippen LogP contribution in [0, 0.1) is 12.7 Å². The fourth-order valence-corrected chi connectivity index (χ4v) is 2.58. The monoisotopic (exact) mass is 289 g/mol. The number of amides is 1. The van der Waals surface area contributed by atoms with Crippen LogP contribution in [0.1, 0.15) is 40.9 Å². The second-order valence-electron chi connectivity index (χ2n) is 5.23. The van der Waals surface area contributed by atoms with Crippen molar-refractivity contribution in [1.29, 1.82) is 0 Å². The fourth-order valence-electron chi connectivity index (χ4n) is 2.58. The van der Waals surface area contributed by atoms with Crippen LogP contribution < -0.4 is 0 Å². The van der Waals surface area contributed by atoms with E-state index in [2.05, 4.69) is 10.2 Å². The first-order chi connectivity index (χ1) is 10.1. The van der Waals surface area contributed by atoms with E-state index in [0.717, 1.165) is 12.8 Å². The largest absolute Gasteiger partial charge is 0.425 e. The average Bonchev–Trinajstić information content (AvgIpc) is 2.94. The van der Waals surface area contributed by atoms with Gasteiger partial charge in [-0.1, -0.05) is 0 Å². The molecule has 6 heteroatoms. The number of rotatable bonds is 2. The number of hydrogen-bond donors (Lipinski definition) is 0. The highest BCUT2D eigenvalue weighted by Crippen LogP contribution is 2.27. The Morgan fingerprint density at radius 1 is 1.24 bits per heavy atom. The number of benzene rings is 1. The van der Waals surface area contributed by atoms with Gasteiger partial charge >= 0.3 is 0 Å². The minimum atomic E-state index is -0.336. The van der Waals surface area contributed by atoms with Crippen molar-refractivity contribution in [3.05, 3.63) is 47.4 Å². The van der Waals surface area contributed by atoms with Crippen molar-refractivity contribution in [3.63, 3.8) is 0 Å². The van der Waals surface area contributed by atoms with E-state index in [4.69, 9.17) is 4.42 Å². The van der Waals surface area contributed by atoms with Gasteiger partial charge in [0.05, 0.1) is 0 Å². The van der Waals surface area contributed by atoms with Crippen molar-refractivity contribution < 1.29 is 13.6 Å². The summed E-state index contributed by atoms with van der Waals surface area (Å²) in [5.41, 5.74) is 0.517. The average molecular weight is 289 g/mol. The number of nitrogens with zero attached hydrogens (tertiary/aromatic N) is 3. The standard InChI is InChI=1S/C15H16FN3O2/c1-10-17-18-14(21-10)11-6-8-19(9-7-11)15(20)12-2-4-13(16)5-3-12/h2-5,11H,6-9H2,1H3. The molecule has 2 aromatic rings. The number of carbonyl (C=O) groups excluding carboxylic acids is 1. The lowest BCUT2D eigenvalue weighted by Crippen LogP contribution is -2.38. The van der Waals surface area contributed by atoms with Gasteiger partial charge in [-0.05, 0) is 37.1 Å². The lowest BCUT2D eigenvalue weighted by molar-refractivity contribution is 0.0706. The van der Waals surface area contributed by atoms with E-state index in [0.29, 0.717) is 30.4 Å². The van der Waals surface area contributed by atoms with E-state index in [1.54, 1.807) is 11.8 Å². The topological polar surface area (TPSA) is 59.2 Å². The number of piperidine rings is 1. The number of aryl methyl sites for hydroxylation is 1. The van der Waals surface area contributed by atoms with Gasteiger partial charge in [0, 0.05) is 31.5 Å². The Balaban J connectivity index is 1.63. The van der Waals surface area contributed by atoms with Crippen LogP contribution in [-0.2, 0) is 0 Å². The number of aromatic nitrogens is 2. The highest BCUT2D eigenvalue weighted by molar-refractivity contribution is 5.94. The quantitative estimate of drug-likeness (QED) is 0.852. The lowest BCUT2D eigenvalue weighted by atomic mass is 9.96. The minimum Gasteiger partial charge on any atom is -0.425 e. The summed E-state index contributed by atoms with van der Waals surface area (Å²) in [6.07, 6.45) is 1.60. The second kappa shape index (κ2) is 5.63. The SMILES string of the molecule is Cc1nnc(C2CCN(C(=O)c3ccc(F)cc3)CC2)o1. The number of hydrogen-bond acceptors (Lipinski definition) is 4. The molecule has 0 aliphatic carbocycles. The molecule has 0 atom stereocenters. The lowest BCUT2D eigenvalue weighted by Gasteiger charge is -2.30. The summed E-state index contributed by atoms with van der Waals surface area (Å²) in [6, 6.07) is 5.65. The molecule has 0 spiro atoms. The van der Waals surface area contributed by atoms with Crippen molar-refractivity contribution in [3.8, 4) is 0 Å². The molecule has 0 radical (unpaired) electrons. The summed E-state index contributed by atoms with van der Waals surface area (Å²) in [6.45, 7) is 3.05. The Morgan fingerprint density at radius 2 is 1.90 bits per heavy atom. The van der Waals surface area contributed by atoms with Crippen molar-refractivity contribution in [2.75, 3.05) is 13.1 Å². The molecule has 1 amide bonds. The van der Waals surface area contributed by atoms with E-state index in [1.807, 2.05) is 0 Å². The van der Waals surface area contributed by atoms with Crippen molar-refractivity contribution in [1.82, 2.24) is 15.1 Å². The van der Waals surface area contributed by atoms with Crippen molar-refractivity contribution >= 4 is 5.91 Å². The smallest absolute Gasteiger partial charge is 0.253 e. The van der Waals surface area contributed by atoms with Gasteiger partial charge in [0.2, 0.25) is 11.8 Å². The van der Waals surface area contributed by atoms with Gasteiger partial charge in [0.15, 0.2) is 0 Å². The normalized spacial score (nSPS) is 16.2. The highest BCUT2D eigenvalue weighted by atomic mass is 19.1. The molecule has 1 aromatic heterocycles. The van der Waals surface area contributed by atoms with E-state index in [9.17, 15) is 9.18 Å². The molecule has 5 nitrogen and oxygen atoms in total. The number of carbonyl (C=O) groups is 1. The molecule has 3 rings (SSSR count). The van der Waals surface area contributed by atoms with Crippen LogP contribution in [0.25, 0.3) is 0 Å². The van der Waals surface area contributed by atoms with E-state index in [1.165, 1.54) is 24.3 Å². The maximum absolute atomic E-state index is 12.9. The van der Waals surface area contributed by atoms with E-state index < -0.39 is 0 Å². The molecular weight excluding hydrogens is 273 g/mol. The molecule has 1 saturated heterocycles. The zero-order valence-electron chi connectivity index (χ0n) is 11.8. The van der Waals surface area contributed by atoms with Gasteiger partial charge in [-0.25, -0.2) is 4.39 Å². The predicted octanol–water partition coefficient (Wildman–Crippen LogP) is 2.54. The van der Waals surface area contributed by atoms with Crippen LogP contribution in [0.4, 0.5) is 4.39 Å². The molecule has 0 bridgehead atoms. The third kappa shape index (κ3) is 2.94. The molecule has 0 N–H and O–H groups in total. The first-order valence-corrected chi connectivity index (χ1v) is 6.98. The first kappa shape index (κ1) is 13.7. The Labute approximate surface area is 121 Å². The summed E-state index contributed by atoms with van der Waals surface area (Å²) in [7, 11) is 0. The van der Waals surface area contributed by atoms with Gasteiger partial charge < -0.3 is 9.32 Å². The third-order valence-electron chi connectivity index (χ3n) is 3.76. The summed E-state index contributed by atoms with van der Waals surface area (Å²) in [5.74, 6) is 1.03. The zero-order valence-corrected chi connectivity index (χ0v) is 11.8. The molecule has 0 unspecified atom stereocenters. The molecule has 1 fully saturated rings. The van der Waals surface area contributed by atoms with Crippen LogP contribution in [0.3, 0.4) is 0 Å². The molecule has 110 valence electrons. The third-order valence-corrected chi connectivity index (χ3v) is 3.76. The Bertz CT molecular complexity index is 631. The van der Waals surface area contributed by atoms with Crippen molar-refractivity contribution in [2.24, 2.45) is 0 Å². The van der Waals surface area contributed by atoms with Crippen molar-refractivity contribution in [2.45, 2.75) is 25.7 Å². The van der Waals surface area contributed by atoms with Gasteiger partial charge in [-0.15, -0.1) is 10.2 Å². The van der Waals surface area contributed by atoms with Gasteiger partial charge in [-0.3, -0.25) is 4.79 Å². The molecular formula is C15H16FN3O2. The van der Waals surface area contributed by atoms with Crippen LogP contribution in [0.15, 0.2) is 28.7 Å². The van der Waals surface area contributed by atoms with Crippen LogP contribution in [0.2, 0.25) is 0 Å². The maximum atomic E-state index is 12.9. The maximum Gasteiger partial charge on any atom is 0.253 e. The Morgan fingerprint density at radius 3 is 2.48 bits per heavy atom. The van der Waals surface area contributed by atoms with Gasteiger partial charge in [0.25, 0.3) is 5.91 Å². The molecule has 21 heavy (non-hydrogen) atoms. The number of likely N-dealkylation sites (tertiary alicyclic amines) is 1. The molecule has 2 heterocycles. The van der Waals surface area contributed by atoms with Crippen LogP contribution in [-0.4, -0.2) is 34.1 Å². The molecule has 1 aromatic carbocycles. The van der Waals surface area contributed by atoms with E-state index in [-0.39, 0.29) is 17.6 Å². The first-order valence-electron chi connectivity index (χ1n) is 6.98. The second-order valence-corrected chi connectivity index (χ2v) is 5.23. The molecule has 0 saturated carbocycles. The summed E-state index contributed by atoms with van der Waals surface area (Å²) >= 11 is 0. The summed E-state index contributed by atoms with van der Waals surface area (Å²) in [4.78, 5) is 14.1. The van der Waals surface area contributed by atoms with Gasteiger partial charge in [-0.2, -0.15) is 0 Å². The minimum absolute atomic E-state index is 0.0600. The van der Waals surface area contributed by atoms with E-state index >= 15 is 0 Å². The Kier molecular flexibility index (Phi) is 3.68. The number of halogens is 1. The Hall–Kier alpha value is -2.24. The van der Waals surface area contributed by atoms with Crippen LogP contribution in [0.5, 0.6) is 0 Å².